The van der Waals surface area contributed by atoms with E-state index in [-0.39, 0.29) is 11.3 Å². The van der Waals surface area contributed by atoms with E-state index >= 15 is 0 Å². The molecule has 0 saturated carbocycles. The number of hydrogen-bond donors (Lipinski definition) is 2. The SMILES string of the molecule is COC(=O)N[C@H](Nc1cccc(C(F)(F)F)c1)C(=O)c1ccccc1. The van der Waals surface area contributed by atoms with Crippen LogP contribution in [0.25, 0.3) is 0 Å². The summed E-state index contributed by atoms with van der Waals surface area (Å²) in [5.41, 5.74) is -0.564. The summed E-state index contributed by atoms with van der Waals surface area (Å²) in [5, 5.41) is 4.86. The van der Waals surface area contributed by atoms with Crippen LogP contribution in [-0.4, -0.2) is 25.2 Å². The molecule has 2 N–H and O–H groups in total. The number of nitrogens with one attached hydrogen (secondary N) is 2. The van der Waals surface area contributed by atoms with Crippen LogP contribution >= 0.6 is 0 Å². The maximum absolute atomic E-state index is 12.8. The van der Waals surface area contributed by atoms with Gasteiger partial charge in [0.15, 0.2) is 6.17 Å². The molecule has 0 unspecified atom stereocenters. The second-order valence-electron chi connectivity index (χ2n) is 5.02. The van der Waals surface area contributed by atoms with Gasteiger partial charge in [-0.15, -0.1) is 0 Å². The number of amides is 1. The minimum absolute atomic E-state index is 0.0282. The molecule has 2 aromatic carbocycles. The van der Waals surface area contributed by atoms with Gasteiger partial charge >= 0.3 is 12.3 Å². The fraction of sp³-hybridized carbons (Fsp3) is 0.176. The highest BCUT2D eigenvalue weighted by Gasteiger charge is 2.31. The highest BCUT2D eigenvalue weighted by molar-refractivity contribution is 6.02. The summed E-state index contributed by atoms with van der Waals surface area (Å²) in [6.45, 7) is 0. The highest BCUT2D eigenvalue weighted by Crippen LogP contribution is 2.30. The summed E-state index contributed by atoms with van der Waals surface area (Å²) in [7, 11) is 1.11. The summed E-state index contributed by atoms with van der Waals surface area (Å²) in [6, 6.07) is 12.4. The van der Waals surface area contributed by atoms with Gasteiger partial charge in [0.2, 0.25) is 5.78 Å². The van der Waals surface area contributed by atoms with Crippen LogP contribution in [0.2, 0.25) is 0 Å². The number of Topliss-reactive ketones (excluding diaryl/α,β-unsaturated/α-hetero) is 1. The van der Waals surface area contributed by atoms with E-state index in [2.05, 4.69) is 15.4 Å². The Hall–Kier alpha value is -3.03. The van der Waals surface area contributed by atoms with Crippen molar-refractivity contribution in [1.82, 2.24) is 5.32 Å². The quantitative estimate of drug-likeness (QED) is 0.636. The summed E-state index contributed by atoms with van der Waals surface area (Å²) < 4.78 is 42.9. The molecule has 0 aliphatic heterocycles. The molecule has 0 aliphatic rings. The number of hydrogen-bond acceptors (Lipinski definition) is 4. The Balaban J connectivity index is 2.27. The molecule has 0 spiro atoms. The number of ether oxygens (including phenoxy) is 1. The van der Waals surface area contributed by atoms with Crippen molar-refractivity contribution in [2.45, 2.75) is 12.3 Å². The number of alkyl carbamates (subject to hydrolysis) is 1. The summed E-state index contributed by atoms with van der Waals surface area (Å²) in [4.78, 5) is 24.0. The molecule has 0 aromatic heterocycles. The van der Waals surface area contributed by atoms with E-state index in [1.54, 1.807) is 18.2 Å². The van der Waals surface area contributed by atoms with Crippen molar-refractivity contribution in [3.05, 3.63) is 65.7 Å². The van der Waals surface area contributed by atoms with Crippen molar-refractivity contribution >= 4 is 17.6 Å². The van der Waals surface area contributed by atoms with Crippen LogP contribution in [0.5, 0.6) is 0 Å². The van der Waals surface area contributed by atoms with Crippen molar-refractivity contribution in [2.24, 2.45) is 0 Å². The molecular weight excluding hydrogens is 337 g/mol. The zero-order chi connectivity index (χ0) is 18.4. The number of anilines is 1. The average Bonchev–Trinajstić information content (AvgIpc) is 2.60. The second-order valence-corrected chi connectivity index (χ2v) is 5.02. The average molecular weight is 352 g/mol. The third kappa shape index (κ3) is 4.97. The molecule has 25 heavy (non-hydrogen) atoms. The van der Waals surface area contributed by atoms with Gasteiger partial charge < -0.3 is 10.1 Å². The molecular formula is C17H15F3N2O3. The zero-order valence-corrected chi connectivity index (χ0v) is 13.1. The van der Waals surface area contributed by atoms with Gasteiger partial charge in [-0.1, -0.05) is 36.4 Å². The molecule has 0 radical (unpaired) electrons. The van der Waals surface area contributed by atoms with E-state index in [1.807, 2.05) is 0 Å². The number of alkyl halides is 3. The Morgan fingerprint density at radius 1 is 1.04 bits per heavy atom. The van der Waals surface area contributed by atoms with Gasteiger partial charge in [0.1, 0.15) is 0 Å². The van der Waals surface area contributed by atoms with Crippen LogP contribution in [0.3, 0.4) is 0 Å². The Morgan fingerprint density at radius 2 is 1.72 bits per heavy atom. The first-order chi connectivity index (χ1) is 11.8. The molecule has 132 valence electrons. The number of carbonyl (C=O) groups excluding carboxylic acids is 2. The molecule has 0 aliphatic carbocycles. The maximum Gasteiger partial charge on any atom is 0.416 e. The van der Waals surface area contributed by atoms with Gasteiger partial charge in [-0.3, -0.25) is 10.1 Å². The predicted octanol–water partition coefficient (Wildman–Crippen LogP) is 3.68. The predicted molar refractivity (Wildman–Crippen MR) is 85.2 cm³/mol. The molecule has 2 aromatic rings. The first-order valence-electron chi connectivity index (χ1n) is 7.19. The Bertz CT molecular complexity index is 748. The van der Waals surface area contributed by atoms with Gasteiger partial charge in [0.05, 0.1) is 12.7 Å². The number of halogens is 3. The molecule has 8 heteroatoms. The number of benzene rings is 2. The summed E-state index contributed by atoms with van der Waals surface area (Å²) in [5.74, 6) is -0.525. The number of ketones is 1. The molecule has 0 saturated heterocycles. The largest absolute Gasteiger partial charge is 0.453 e. The number of rotatable bonds is 5. The van der Waals surface area contributed by atoms with Crippen LogP contribution in [0.15, 0.2) is 54.6 Å². The molecule has 0 heterocycles. The molecule has 1 atom stereocenters. The maximum atomic E-state index is 12.8. The van der Waals surface area contributed by atoms with Crippen LogP contribution in [0.4, 0.5) is 23.7 Å². The number of methoxy groups -OCH3 is 1. The Kier molecular flexibility index (Phi) is 5.63. The standard InChI is InChI=1S/C17H15F3N2O3/c1-25-16(24)22-15(14(23)11-6-3-2-4-7-11)21-13-9-5-8-12(10-13)17(18,19)20/h2-10,15,21H,1H3,(H,22,24)/t15-/m0/s1. The highest BCUT2D eigenvalue weighted by atomic mass is 19.4. The summed E-state index contributed by atoms with van der Waals surface area (Å²) in [6.07, 6.45) is -6.71. The van der Waals surface area contributed by atoms with E-state index in [0.29, 0.717) is 0 Å². The lowest BCUT2D eigenvalue weighted by molar-refractivity contribution is -0.137. The minimum Gasteiger partial charge on any atom is -0.453 e. The zero-order valence-electron chi connectivity index (χ0n) is 13.1. The van der Waals surface area contributed by atoms with Crippen LogP contribution in [-0.2, 0) is 10.9 Å². The van der Waals surface area contributed by atoms with E-state index < -0.39 is 29.8 Å². The van der Waals surface area contributed by atoms with Gasteiger partial charge in [-0.05, 0) is 18.2 Å². The van der Waals surface area contributed by atoms with Crippen LogP contribution in [0, 0.1) is 0 Å². The normalized spacial score (nSPS) is 12.2. The fourth-order valence-corrected chi connectivity index (χ4v) is 2.07. The third-order valence-corrected chi connectivity index (χ3v) is 3.27. The fourth-order valence-electron chi connectivity index (χ4n) is 2.07. The first-order valence-corrected chi connectivity index (χ1v) is 7.19. The van der Waals surface area contributed by atoms with Crippen molar-refractivity contribution in [1.29, 1.82) is 0 Å². The van der Waals surface area contributed by atoms with Crippen LogP contribution < -0.4 is 10.6 Å². The Labute approximate surface area is 141 Å². The molecule has 2 rings (SSSR count). The van der Waals surface area contributed by atoms with E-state index in [0.717, 1.165) is 19.2 Å². The lowest BCUT2D eigenvalue weighted by Crippen LogP contribution is -2.46. The van der Waals surface area contributed by atoms with Gasteiger partial charge in [0, 0.05) is 11.3 Å². The van der Waals surface area contributed by atoms with Gasteiger partial charge in [-0.25, -0.2) is 4.79 Å². The van der Waals surface area contributed by atoms with Crippen molar-refractivity contribution in [3.63, 3.8) is 0 Å². The van der Waals surface area contributed by atoms with Crippen molar-refractivity contribution in [2.75, 3.05) is 12.4 Å². The van der Waals surface area contributed by atoms with Gasteiger partial charge in [0.25, 0.3) is 0 Å². The van der Waals surface area contributed by atoms with Crippen LogP contribution in [0.1, 0.15) is 15.9 Å². The summed E-state index contributed by atoms with van der Waals surface area (Å²) >= 11 is 0. The monoisotopic (exact) mass is 352 g/mol. The number of carbonyl (C=O) groups is 2. The molecule has 0 fully saturated rings. The van der Waals surface area contributed by atoms with Crippen molar-refractivity contribution < 1.29 is 27.5 Å². The lowest BCUT2D eigenvalue weighted by Gasteiger charge is -2.20. The second kappa shape index (κ2) is 7.69. The molecule has 1 amide bonds. The smallest absolute Gasteiger partial charge is 0.416 e. The van der Waals surface area contributed by atoms with Crippen molar-refractivity contribution in [3.8, 4) is 0 Å². The lowest BCUT2D eigenvalue weighted by atomic mass is 10.1. The van der Waals surface area contributed by atoms with Gasteiger partial charge in [-0.2, -0.15) is 13.2 Å². The molecule has 0 bridgehead atoms. The molecule has 5 nitrogen and oxygen atoms in total. The minimum atomic E-state index is -4.52. The topological polar surface area (TPSA) is 67.4 Å². The van der Waals surface area contributed by atoms with E-state index in [4.69, 9.17) is 0 Å². The third-order valence-electron chi connectivity index (χ3n) is 3.27. The van der Waals surface area contributed by atoms with E-state index in [1.165, 1.54) is 24.3 Å². The Morgan fingerprint density at radius 3 is 2.32 bits per heavy atom. The first kappa shape index (κ1) is 18.3. The van der Waals surface area contributed by atoms with E-state index in [9.17, 15) is 22.8 Å².